The van der Waals surface area contributed by atoms with Gasteiger partial charge >= 0.3 is 0 Å². The van der Waals surface area contributed by atoms with Crippen LogP contribution in [0.3, 0.4) is 0 Å². The van der Waals surface area contributed by atoms with Crippen molar-refractivity contribution >= 4 is 11.6 Å². The highest BCUT2D eigenvalue weighted by Gasteiger charge is 2.20. The molecule has 0 saturated carbocycles. The molecular formula is C17H20N2O2. The van der Waals surface area contributed by atoms with Gasteiger partial charge in [0.05, 0.1) is 5.56 Å². The molecule has 4 nitrogen and oxygen atoms in total. The maximum Gasteiger partial charge on any atom is 0.262 e. The molecule has 0 bridgehead atoms. The molecule has 0 aliphatic heterocycles. The van der Waals surface area contributed by atoms with E-state index in [1.54, 1.807) is 30.0 Å². The largest absolute Gasteiger partial charge is 0.507 e. The summed E-state index contributed by atoms with van der Waals surface area (Å²) in [6.07, 6.45) is 0.702. The molecule has 0 unspecified atom stereocenters. The van der Waals surface area contributed by atoms with E-state index in [1.807, 2.05) is 30.3 Å². The van der Waals surface area contributed by atoms with E-state index < -0.39 is 0 Å². The fourth-order valence-corrected chi connectivity index (χ4v) is 2.18. The Bertz CT molecular complexity index is 611. The molecule has 21 heavy (non-hydrogen) atoms. The number of anilines is 1. The fraction of sp³-hybridized carbons (Fsp3) is 0.235. The Morgan fingerprint density at radius 1 is 1.14 bits per heavy atom. The smallest absolute Gasteiger partial charge is 0.262 e. The minimum absolute atomic E-state index is 0.0381. The van der Waals surface area contributed by atoms with Crippen molar-refractivity contribution in [1.82, 2.24) is 0 Å². The van der Waals surface area contributed by atoms with Crippen molar-refractivity contribution < 1.29 is 9.90 Å². The predicted molar refractivity (Wildman–Crippen MR) is 84.6 cm³/mol. The van der Waals surface area contributed by atoms with Crippen LogP contribution in [0.15, 0.2) is 48.5 Å². The van der Waals surface area contributed by atoms with E-state index >= 15 is 0 Å². The number of hydrogen-bond donors (Lipinski definition) is 2. The summed E-state index contributed by atoms with van der Waals surface area (Å²) >= 11 is 0. The highest BCUT2D eigenvalue weighted by Crippen LogP contribution is 2.25. The van der Waals surface area contributed by atoms with Gasteiger partial charge in [0.15, 0.2) is 0 Å². The lowest BCUT2D eigenvalue weighted by atomic mass is 10.1. The lowest BCUT2D eigenvalue weighted by molar-refractivity contribution is 0.0984. The second-order valence-electron chi connectivity index (χ2n) is 4.91. The summed E-state index contributed by atoms with van der Waals surface area (Å²) in [6, 6.07) is 14.6. The number of carbonyl (C=O) groups excluding carboxylic acids is 1. The number of nitrogens with zero attached hydrogens (tertiary/aromatic N) is 1. The maximum absolute atomic E-state index is 12.7. The molecule has 0 atom stereocenters. The first kappa shape index (κ1) is 15.1. The molecule has 2 aromatic rings. The van der Waals surface area contributed by atoms with Gasteiger partial charge in [0.25, 0.3) is 5.91 Å². The first-order valence-electron chi connectivity index (χ1n) is 7.00. The number of phenols is 1. The first-order chi connectivity index (χ1) is 10.1. The summed E-state index contributed by atoms with van der Waals surface area (Å²) in [5.74, 6) is -0.174. The summed E-state index contributed by atoms with van der Waals surface area (Å²) in [4.78, 5) is 14.4. The molecule has 0 aliphatic rings. The number of rotatable bonds is 5. The number of hydrogen-bond acceptors (Lipinski definition) is 3. The molecule has 1 amide bonds. The van der Waals surface area contributed by atoms with Crippen LogP contribution in [-0.2, 0) is 0 Å². The molecule has 0 fully saturated rings. The minimum Gasteiger partial charge on any atom is -0.507 e. The summed E-state index contributed by atoms with van der Waals surface area (Å²) in [5, 5.41) is 10.1. The van der Waals surface area contributed by atoms with Gasteiger partial charge in [-0.15, -0.1) is 0 Å². The van der Waals surface area contributed by atoms with Crippen LogP contribution >= 0.6 is 0 Å². The molecule has 2 rings (SSSR count). The normalized spacial score (nSPS) is 10.4. The third-order valence-electron chi connectivity index (χ3n) is 3.37. The quantitative estimate of drug-likeness (QED) is 0.887. The van der Waals surface area contributed by atoms with Crippen LogP contribution in [-0.4, -0.2) is 24.1 Å². The summed E-state index contributed by atoms with van der Waals surface area (Å²) in [6.45, 7) is 2.81. The average Bonchev–Trinajstić information content (AvgIpc) is 2.51. The number of amides is 1. The van der Waals surface area contributed by atoms with Gasteiger partial charge < -0.3 is 15.7 Å². The van der Waals surface area contributed by atoms with Crippen molar-refractivity contribution in [3.05, 3.63) is 59.7 Å². The van der Waals surface area contributed by atoms with Crippen LogP contribution < -0.4 is 10.6 Å². The molecule has 2 aromatic carbocycles. The Kier molecular flexibility index (Phi) is 4.95. The van der Waals surface area contributed by atoms with Crippen LogP contribution in [0, 0.1) is 6.92 Å². The third kappa shape index (κ3) is 3.41. The van der Waals surface area contributed by atoms with Crippen LogP contribution in [0.4, 0.5) is 5.69 Å². The number of phenolic OH excluding ortho intramolecular Hbond substituents is 1. The second kappa shape index (κ2) is 6.90. The van der Waals surface area contributed by atoms with Crippen molar-refractivity contribution in [2.45, 2.75) is 13.3 Å². The number of aromatic hydroxyl groups is 1. The predicted octanol–water partition coefficient (Wildman–Crippen LogP) is 2.70. The SMILES string of the molecule is Cc1cccc(C(=O)N(CCCN)c2ccccc2)c1O. The number of aryl methyl sites for hydroxylation is 1. The van der Waals surface area contributed by atoms with Crippen molar-refractivity contribution in [3.8, 4) is 5.75 Å². The van der Waals surface area contributed by atoms with Crippen LogP contribution in [0.2, 0.25) is 0 Å². The minimum atomic E-state index is -0.212. The summed E-state index contributed by atoms with van der Waals surface area (Å²) in [5.41, 5.74) is 7.37. The number of benzene rings is 2. The number of para-hydroxylation sites is 2. The monoisotopic (exact) mass is 284 g/mol. The van der Waals surface area contributed by atoms with E-state index in [4.69, 9.17) is 5.73 Å². The van der Waals surface area contributed by atoms with Gasteiger partial charge in [0, 0.05) is 12.2 Å². The third-order valence-corrected chi connectivity index (χ3v) is 3.37. The molecule has 0 heterocycles. The van der Waals surface area contributed by atoms with Crippen molar-refractivity contribution in [2.24, 2.45) is 5.73 Å². The number of nitrogens with two attached hydrogens (primary N) is 1. The Morgan fingerprint density at radius 2 is 1.86 bits per heavy atom. The highest BCUT2D eigenvalue weighted by molar-refractivity contribution is 6.08. The maximum atomic E-state index is 12.7. The van der Waals surface area contributed by atoms with E-state index in [1.165, 1.54) is 0 Å². The van der Waals surface area contributed by atoms with Crippen LogP contribution in [0.25, 0.3) is 0 Å². The van der Waals surface area contributed by atoms with Gasteiger partial charge in [0.2, 0.25) is 0 Å². The average molecular weight is 284 g/mol. The van der Waals surface area contributed by atoms with Crippen molar-refractivity contribution in [1.29, 1.82) is 0 Å². The molecule has 110 valence electrons. The Hall–Kier alpha value is -2.33. The topological polar surface area (TPSA) is 66.6 Å². The molecule has 4 heteroatoms. The Labute approximate surface area is 124 Å². The lowest BCUT2D eigenvalue weighted by Crippen LogP contribution is -2.33. The van der Waals surface area contributed by atoms with Gasteiger partial charge in [-0.05, 0) is 43.7 Å². The molecule has 3 N–H and O–H groups in total. The molecule has 0 aliphatic carbocycles. The van der Waals surface area contributed by atoms with Gasteiger partial charge in [-0.3, -0.25) is 4.79 Å². The zero-order valence-electron chi connectivity index (χ0n) is 12.1. The van der Waals surface area contributed by atoms with Crippen molar-refractivity contribution in [3.63, 3.8) is 0 Å². The standard InChI is InChI=1S/C17H20N2O2/c1-13-7-5-10-15(16(13)20)17(21)19(12-6-11-18)14-8-3-2-4-9-14/h2-5,7-10,20H,6,11-12,18H2,1H3. The van der Waals surface area contributed by atoms with Crippen LogP contribution in [0.1, 0.15) is 22.3 Å². The lowest BCUT2D eigenvalue weighted by Gasteiger charge is -2.23. The van der Waals surface area contributed by atoms with E-state index in [2.05, 4.69) is 0 Å². The molecule has 0 spiro atoms. The summed E-state index contributed by atoms with van der Waals surface area (Å²) in [7, 11) is 0. The Balaban J connectivity index is 2.36. The summed E-state index contributed by atoms with van der Waals surface area (Å²) < 4.78 is 0. The van der Waals surface area contributed by atoms with Crippen molar-refractivity contribution in [2.75, 3.05) is 18.0 Å². The van der Waals surface area contributed by atoms with E-state index in [-0.39, 0.29) is 11.7 Å². The van der Waals surface area contributed by atoms with Gasteiger partial charge in [-0.2, -0.15) is 0 Å². The second-order valence-corrected chi connectivity index (χ2v) is 4.91. The van der Waals surface area contributed by atoms with Gasteiger partial charge in [-0.25, -0.2) is 0 Å². The zero-order valence-corrected chi connectivity index (χ0v) is 12.1. The fourth-order valence-electron chi connectivity index (χ4n) is 2.18. The molecule has 0 radical (unpaired) electrons. The molecular weight excluding hydrogens is 264 g/mol. The van der Waals surface area contributed by atoms with Crippen LogP contribution in [0.5, 0.6) is 5.75 Å². The number of carbonyl (C=O) groups is 1. The zero-order chi connectivity index (χ0) is 15.2. The first-order valence-corrected chi connectivity index (χ1v) is 7.00. The highest BCUT2D eigenvalue weighted by atomic mass is 16.3. The van der Waals surface area contributed by atoms with Gasteiger partial charge in [0.1, 0.15) is 5.75 Å². The van der Waals surface area contributed by atoms with E-state index in [0.717, 1.165) is 5.69 Å². The Morgan fingerprint density at radius 3 is 2.52 bits per heavy atom. The van der Waals surface area contributed by atoms with Gasteiger partial charge in [-0.1, -0.05) is 30.3 Å². The molecule has 0 aromatic heterocycles. The van der Waals surface area contributed by atoms with E-state index in [9.17, 15) is 9.90 Å². The molecule has 0 saturated heterocycles. The van der Waals surface area contributed by atoms with E-state index in [0.29, 0.717) is 30.6 Å².